The van der Waals surface area contributed by atoms with Crippen molar-refractivity contribution in [2.45, 2.75) is 99.2 Å². The predicted octanol–water partition coefficient (Wildman–Crippen LogP) is 1.80. The summed E-state index contributed by atoms with van der Waals surface area (Å²) in [6.45, 7) is 16.1. The lowest BCUT2D eigenvalue weighted by Crippen LogP contribution is -2.56. The molecule has 0 fully saturated rings. The molecule has 4 atom stereocenters. The molecule has 0 aliphatic carbocycles. The Labute approximate surface area is 206 Å². The van der Waals surface area contributed by atoms with Crippen LogP contribution in [0.4, 0.5) is 0 Å². The van der Waals surface area contributed by atoms with E-state index in [0.717, 1.165) is 6.42 Å². The Kier molecular flexibility index (Phi) is 15.4. The normalized spacial score (nSPS) is 14.8. The summed E-state index contributed by atoms with van der Waals surface area (Å²) >= 11 is 0. The lowest BCUT2D eigenvalue weighted by atomic mass is 9.98. The molecule has 4 amide bonds. The summed E-state index contributed by atoms with van der Waals surface area (Å²) in [7, 11) is 0. The van der Waals surface area contributed by atoms with Crippen LogP contribution in [0.5, 0.6) is 0 Å². The van der Waals surface area contributed by atoms with Gasteiger partial charge in [-0.05, 0) is 45.4 Å². The van der Waals surface area contributed by atoms with E-state index in [1.54, 1.807) is 18.7 Å². The highest BCUT2D eigenvalue weighted by atomic mass is 16.2. The Balaban J connectivity index is 5.38. The molecule has 0 aromatic carbocycles. The van der Waals surface area contributed by atoms with Gasteiger partial charge in [-0.1, -0.05) is 34.6 Å². The van der Waals surface area contributed by atoms with Crippen LogP contribution in [0.15, 0.2) is 0 Å². The van der Waals surface area contributed by atoms with Crippen molar-refractivity contribution in [1.29, 1.82) is 0 Å². The number of carbonyl (C=O) groups excluding carboxylic acids is 4. The van der Waals surface area contributed by atoms with Crippen LogP contribution in [-0.4, -0.2) is 66.3 Å². The maximum Gasteiger partial charge on any atom is 0.245 e. The summed E-state index contributed by atoms with van der Waals surface area (Å²) in [4.78, 5) is 50.9. The van der Waals surface area contributed by atoms with Gasteiger partial charge in [-0.25, -0.2) is 0 Å². The van der Waals surface area contributed by atoms with E-state index in [1.807, 2.05) is 34.6 Å². The van der Waals surface area contributed by atoms with Crippen LogP contribution in [0, 0.1) is 17.8 Å². The molecule has 0 spiro atoms. The number of carbonyl (C=O) groups is 4. The number of unbranched alkanes of at least 4 members (excludes halogenated alkanes) is 1. The number of hydrogen-bond donors (Lipinski definition) is 4. The van der Waals surface area contributed by atoms with E-state index in [-0.39, 0.29) is 53.5 Å². The van der Waals surface area contributed by atoms with Gasteiger partial charge in [-0.3, -0.25) is 19.2 Å². The summed E-state index contributed by atoms with van der Waals surface area (Å²) in [5.41, 5.74) is 5.95. The topological polar surface area (TPSA) is 134 Å². The summed E-state index contributed by atoms with van der Waals surface area (Å²) < 4.78 is 0. The summed E-state index contributed by atoms with van der Waals surface area (Å²) in [5.74, 6) is -0.530. The molecular formula is C25H49N5O4. The smallest absolute Gasteiger partial charge is 0.245 e. The molecule has 0 saturated heterocycles. The standard InChI is InChI=1S/C25H49N5O4/c1-16(2)23(32)28-15-18(5)13-19(6)30(20(7)14-26)25(34)22(29-24(33)17(3)4)11-9-10-12-27-21(8)31/h16-20,22H,9-15,26H2,1-8H3,(H,27,31)(H,28,32)(H,29,33). The molecule has 0 aliphatic rings. The molecule has 4 unspecified atom stereocenters. The molecule has 5 N–H and O–H groups in total. The van der Waals surface area contributed by atoms with Crippen molar-refractivity contribution in [1.82, 2.24) is 20.9 Å². The highest BCUT2D eigenvalue weighted by Crippen LogP contribution is 2.18. The van der Waals surface area contributed by atoms with Gasteiger partial charge in [0, 0.05) is 50.5 Å². The van der Waals surface area contributed by atoms with E-state index in [4.69, 9.17) is 5.73 Å². The van der Waals surface area contributed by atoms with Gasteiger partial charge in [0.15, 0.2) is 0 Å². The molecule has 9 nitrogen and oxygen atoms in total. The number of nitrogens with one attached hydrogen (secondary N) is 3. The number of hydrogen-bond acceptors (Lipinski definition) is 5. The Morgan fingerprint density at radius 3 is 1.91 bits per heavy atom. The number of amides is 4. The molecule has 0 rings (SSSR count). The van der Waals surface area contributed by atoms with E-state index in [2.05, 4.69) is 16.0 Å². The molecule has 0 aromatic rings. The zero-order chi connectivity index (χ0) is 26.4. The molecule has 0 aliphatic heterocycles. The lowest BCUT2D eigenvalue weighted by molar-refractivity contribution is -0.141. The fourth-order valence-electron chi connectivity index (χ4n) is 3.75. The first kappa shape index (κ1) is 31.8. The molecule has 198 valence electrons. The number of rotatable bonds is 16. The van der Waals surface area contributed by atoms with E-state index >= 15 is 0 Å². The molecular weight excluding hydrogens is 434 g/mol. The number of nitrogens with zero attached hydrogens (tertiary/aromatic N) is 1. The molecule has 0 heterocycles. The quantitative estimate of drug-likeness (QED) is 0.248. The maximum atomic E-state index is 13.7. The maximum absolute atomic E-state index is 13.7. The van der Waals surface area contributed by atoms with Gasteiger partial charge >= 0.3 is 0 Å². The highest BCUT2D eigenvalue weighted by molar-refractivity contribution is 5.88. The van der Waals surface area contributed by atoms with E-state index < -0.39 is 6.04 Å². The van der Waals surface area contributed by atoms with Crippen LogP contribution in [0.3, 0.4) is 0 Å². The zero-order valence-corrected chi connectivity index (χ0v) is 22.6. The van der Waals surface area contributed by atoms with Crippen molar-refractivity contribution < 1.29 is 19.2 Å². The van der Waals surface area contributed by atoms with E-state index in [9.17, 15) is 19.2 Å². The van der Waals surface area contributed by atoms with Gasteiger partial charge in [-0.2, -0.15) is 0 Å². The second kappa shape index (κ2) is 16.5. The van der Waals surface area contributed by atoms with E-state index in [1.165, 1.54) is 6.92 Å². The fraction of sp³-hybridized carbons (Fsp3) is 0.840. The molecule has 0 saturated carbocycles. The third kappa shape index (κ3) is 12.3. The average Bonchev–Trinajstić information content (AvgIpc) is 2.75. The molecule has 34 heavy (non-hydrogen) atoms. The van der Waals surface area contributed by atoms with Gasteiger partial charge in [0.2, 0.25) is 23.6 Å². The highest BCUT2D eigenvalue weighted by Gasteiger charge is 2.32. The first-order chi connectivity index (χ1) is 15.8. The number of nitrogens with two attached hydrogens (primary N) is 1. The minimum atomic E-state index is -0.653. The monoisotopic (exact) mass is 483 g/mol. The molecule has 0 bridgehead atoms. The lowest BCUT2D eigenvalue weighted by Gasteiger charge is -2.38. The zero-order valence-electron chi connectivity index (χ0n) is 22.6. The minimum Gasteiger partial charge on any atom is -0.356 e. The third-order valence-corrected chi connectivity index (χ3v) is 5.87. The van der Waals surface area contributed by atoms with Crippen molar-refractivity contribution >= 4 is 23.6 Å². The summed E-state index contributed by atoms with van der Waals surface area (Å²) in [5, 5.41) is 8.63. The fourth-order valence-corrected chi connectivity index (χ4v) is 3.75. The second-order valence-corrected chi connectivity index (χ2v) is 10.1. The summed E-state index contributed by atoms with van der Waals surface area (Å²) in [6, 6.07) is -0.966. The van der Waals surface area contributed by atoms with Crippen molar-refractivity contribution in [3.8, 4) is 0 Å². The van der Waals surface area contributed by atoms with Gasteiger partial charge in [0.25, 0.3) is 0 Å². The van der Waals surface area contributed by atoms with Crippen LogP contribution < -0.4 is 21.7 Å². The SMILES string of the molecule is CC(=O)NCCCCC(NC(=O)C(C)C)C(=O)N(C(C)CN)C(C)CC(C)CNC(=O)C(C)C. The van der Waals surface area contributed by atoms with Crippen molar-refractivity contribution in [3.63, 3.8) is 0 Å². The van der Waals surface area contributed by atoms with E-state index in [0.29, 0.717) is 38.9 Å². The Bertz CT molecular complexity index is 653. The average molecular weight is 484 g/mol. The van der Waals surface area contributed by atoms with Crippen LogP contribution in [-0.2, 0) is 19.2 Å². The molecule has 9 heteroatoms. The molecule has 0 radical (unpaired) electrons. The van der Waals surface area contributed by atoms with Crippen molar-refractivity contribution in [2.24, 2.45) is 23.5 Å². The van der Waals surface area contributed by atoms with Crippen LogP contribution in [0.25, 0.3) is 0 Å². The Hall–Kier alpha value is -2.16. The largest absolute Gasteiger partial charge is 0.356 e. The Morgan fingerprint density at radius 1 is 0.824 bits per heavy atom. The first-order valence-electron chi connectivity index (χ1n) is 12.7. The third-order valence-electron chi connectivity index (χ3n) is 5.87. The first-order valence-corrected chi connectivity index (χ1v) is 12.7. The predicted molar refractivity (Wildman–Crippen MR) is 136 cm³/mol. The van der Waals surface area contributed by atoms with Crippen LogP contribution in [0.2, 0.25) is 0 Å². The second-order valence-electron chi connectivity index (χ2n) is 10.1. The van der Waals surface area contributed by atoms with Gasteiger partial charge in [-0.15, -0.1) is 0 Å². The molecule has 0 aromatic heterocycles. The summed E-state index contributed by atoms with van der Waals surface area (Å²) in [6.07, 6.45) is 2.58. The van der Waals surface area contributed by atoms with Gasteiger partial charge < -0.3 is 26.6 Å². The minimum absolute atomic E-state index is 0.0125. The van der Waals surface area contributed by atoms with Gasteiger partial charge in [0.1, 0.15) is 6.04 Å². The van der Waals surface area contributed by atoms with Crippen molar-refractivity contribution in [3.05, 3.63) is 0 Å². The van der Waals surface area contributed by atoms with Crippen molar-refractivity contribution in [2.75, 3.05) is 19.6 Å². The van der Waals surface area contributed by atoms with Crippen LogP contribution in [0.1, 0.15) is 81.1 Å². The Morgan fingerprint density at radius 2 is 1.41 bits per heavy atom. The van der Waals surface area contributed by atoms with Gasteiger partial charge in [0.05, 0.1) is 0 Å². The van der Waals surface area contributed by atoms with Crippen LogP contribution >= 0.6 is 0 Å².